The summed E-state index contributed by atoms with van der Waals surface area (Å²) in [6, 6.07) is 4.11. The van der Waals surface area contributed by atoms with Gasteiger partial charge in [0.2, 0.25) is 0 Å². The van der Waals surface area contributed by atoms with E-state index in [2.05, 4.69) is 15.4 Å². The Morgan fingerprint density at radius 2 is 2.25 bits per heavy atom. The van der Waals surface area contributed by atoms with Crippen LogP contribution in [0.1, 0.15) is 27.8 Å². The molecule has 0 spiro atoms. The van der Waals surface area contributed by atoms with E-state index in [-0.39, 0.29) is 11.9 Å². The van der Waals surface area contributed by atoms with Gasteiger partial charge in [-0.05, 0) is 25.5 Å². The number of aryl methyl sites for hydroxylation is 1. The molecule has 1 aliphatic rings. The molecule has 0 aromatic carbocycles. The molecule has 1 saturated heterocycles. The number of hydrogen-bond donors (Lipinski definition) is 1. The minimum atomic E-state index is -0.161. The summed E-state index contributed by atoms with van der Waals surface area (Å²) in [7, 11) is 0. The lowest BCUT2D eigenvalue weighted by molar-refractivity contribution is 0.103. The normalized spacial score (nSPS) is 17.3. The van der Waals surface area contributed by atoms with Gasteiger partial charge in [0.05, 0.1) is 30.2 Å². The minimum absolute atomic E-state index is 0.161. The minimum Gasteiger partial charge on any atom is -0.379 e. The van der Waals surface area contributed by atoms with Crippen molar-refractivity contribution >= 4 is 22.9 Å². The zero-order chi connectivity index (χ0) is 16.5. The molecule has 1 N–H and O–H groups in total. The van der Waals surface area contributed by atoms with Crippen molar-refractivity contribution in [2.45, 2.75) is 19.4 Å². The molecule has 8 heteroatoms. The van der Waals surface area contributed by atoms with Gasteiger partial charge in [0.1, 0.15) is 4.88 Å². The van der Waals surface area contributed by atoms with E-state index in [0.717, 1.165) is 23.9 Å². The largest absolute Gasteiger partial charge is 0.379 e. The Hall–Kier alpha value is -2.45. The second-order valence-corrected chi connectivity index (χ2v) is 6.66. The molecule has 1 atom stereocenters. The molecule has 0 unspecified atom stereocenters. The van der Waals surface area contributed by atoms with Crippen LogP contribution in [-0.2, 0) is 4.74 Å². The van der Waals surface area contributed by atoms with Crippen LogP contribution in [0.4, 0.5) is 5.69 Å². The number of carbonyl (C=O) groups excluding carboxylic acids is 1. The molecule has 0 bridgehead atoms. The van der Waals surface area contributed by atoms with Crippen LogP contribution in [0.3, 0.4) is 0 Å². The van der Waals surface area contributed by atoms with E-state index in [1.807, 2.05) is 46.9 Å². The van der Waals surface area contributed by atoms with Gasteiger partial charge in [0, 0.05) is 25.2 Å². The highest BCUT2D eigenvalue weighted by atomic mass is 32.1. The molecule has 0 radical (unpaired) electrons. The predicted molar refractivity (Wildman–Crippen MR) is 90.8 cm³/mol. The van der Waals surface area contributed by atoms with Crippen LogP contribution in [0, 0.1) is 6.92 Å². The third-order valence-corrected chi connectivity index (χ3v) is 5.13. The van der Waals surface area contributed by atoms with E-state index in [1.165, 1.54) is 11.3 Å². The Balaban J connectivity index is 1.50. The predicted octanol–water partition coefficient (Wildman–Crippen LogP) is 2.65. The topological polar surface area (TPSA) is 74.0 Å². The lowest BCUT2D eigenvalue weighted by atomic mass is 10.3. The lowest BCUT2D eigenvalue weighted by Gasteiger charge is -2.06. The van der Waals surface area contributed by atoms with E-state index in [0.29, 0.717) is 17.2 Å². The molecular weight excluding hydrogens is 326 g/mol. The number of rotatable bonds is 4. The maximum Gasteiger partial charge on any atom is 0.267 e. The number of anilines is 1. The van der Waals surface area contributed by atoms with Crippen LogP contribution in [0.25, 0.3) is 5.13 Å². The third kappa shape index (κ3) is 2.85. The number of carbonyl (C=O) groups is 1. The number of aromatic nitrogens is 4. The molecular formula is C16H17N5O2S. The molecule has 1 amide bonds. The summed E-state index contributed by atoms with van der Waals surface area (Å²) in [5, 5.41) is 8.00. The summed E-state index contributed by atoms with van der Waals surface area (Å²) in [4.78, 5) is 17.6. The molecule has 4 rings (SSSR count). The first-order valence-corrected chi connectivity index (χ1v) is 8.56. The number of nitrogens with one attached hydrogen (secondary N) is 1. The molecule has 1 aliphatic heterocycles. The second kappa shape index (κ2) is 6.21. The average Bonchev–Trinajstić information content (AvgIpc) is 3.34. The highest BCUT2D eigenvalue weighted by Crippen LogP contribution is 2.24. The van der Waals surface area contributed by atoms with Gasteiger partial charge in [-0.2, -0.15) is 5.10 Å². The zero-order valence-corrected chi connectivity index (χ0v) is 14.0. The van der Waals surface area contributed by atoms with Gasteiger partial charge in [0.15, 0.2) is 5.13 Å². The number of ether oxygens (including phenoxy) is 1. The number of amides is 1. The van der Waals surface area contributed by atoms with Crippen molar-refractivity contribution in [3.05, 3.63) is 47.5 Å². The number of thiazole rings is 1. The van der Waals surface area contributed by atoms with E-state index < -0.39 is 0 Å². The number of nitrogens with zero attached hydrogens (tertiary/aromatic N) is 4. The van der Waals surface area contributed by atoms with Crippen molar-refractivity contribution < 1.29 is 9.53 Å². The first-order chi connectivity index (χ1) is 11.7. The van der Waals surface area contributed by atoms with Crippen LogP contribution in [0.5, 0.6) is 0 Å². The smallest absolute Gasteiger partial charge is 0.267 e. The summed E-state index contributed by atoms with van der Waals surface area (Å²) in [6.07, 6.45) is 8.28. The van der Waals surface area contributed by atoms with Gasteiger partial charge in [-0.1, -0.05) is 11.3 Å². The first-order valence-electron chi connectivity index (χ1n) is 7.75. The molecule has 3 aromatic heterocycles. The van der Waals surface area contributed by atoms with Gasteiger partial charge in [-0.15, -0.1) is 0 Å². The first kappa shape index (κ1) is 15.1. The Labute approximate surface area is 142 Å². The van der Waals surface area contributed by atoms with Gasteiger partial charge in [0.25, 0.3) is 5.91 Å². The second-order valence-electron chi connectivity index (χ2n) is 5.68. The maximum absolute atomic E-state index is 12.5. The molecule has 0 aliphatic carbocycles. The van der Waals surface area contributed by atoms with Crippen molar-refractivity contribution in [1.29, 1.82) is 0 Å². The van der Waals surface area contributed by atoms with Gasteiger partial charge in [-0.3, -0.25) is 9.48 Å². The lowest BCUT2D eigenvalue weighted by Crippen LogP contribution is -2.11. The SMILES string of the molecule is Cc1nc(-n2cccc2)sc1C(=O)Nc1cnn([C@H]2CCOC2)c1. The van der Waals surface area contributed by atoms with E-state index in [1.54, 1.807) is 6.20 Å². The van der Waals surface area contributed by atoms with Crippen molar-refractivity contribution in [2.24, 2.45) is 0 Å². The fourth-order valence-corrected chi connectivity index (χ4v) is 3.62. The Morgan fingerprint density at radius 1 is 1.42 bits per heavy atom. The van der Waals surface area contributed by atoms with Crippen molar-refractivity contribution in [2.75, 3.05) is 18.5 Å². The highest BCUT2D eigenvalue weighted by molar-refractivity contribution is 7.16. The fraction of sp³-hybridized carbons (Fsp3) is 0.312. The highest BCUT2D eigenvalue weighted by Gasteiger charge is 2.20. The van der Waals surface area contributed by atoms with E-state index in [9.17, 15) is 4.79 Å². The van der Waals surface area contributed by atoms with Crippen LogP contribution >= 0.6 is 11.3 Å². The van der Waals surface area contributed by atoms with Crippen LogP contribution < -0.4 is 5.32 Å². The van der Waals surface area contributed by atoms with Gasteiger partial charge < -0.3 is 14.6 Å². The quantitative estimate of drug-likeness (QED) is 0.790. The summed E-state index contributed by atoms with van der Waals surface area (Å²) in [6.45, 7) is 3.27. The summed E-state index contributed by atoms with van der Waals surface area (Å²) < 4.78 is 9.12. The van der Waals surface area contributed by atoms with Gasteiger partial charge in [-0.25, -0.2) is 4.98 Å². The Kier molecular flexibility index (Phi) is 3.91. The van der Waals surface area contributed by atoms with Crippen LogP contribution in [0.2, 0.25) is 0 Å². The fourth-order valence-electron chi connectivity index (χ4n) is 2.69. The summed E-state index contributed by atoms with van der Waals surface area (Å²) >= 11 is 1.37. The molecule has 0 saturated carbocycles. The Morgan fingerprint density at radius 3 is 3.00 bits per heavy atom. The molecule has 4 heterocycles. The van der Waals surface area contributed by atoms with Crippen LogP contribution in [0.15, 0.2) is 36.9 Å². The van der Waals surface area contributed by atoms with Crippen LogP contribution in [-0.4, -0.2) is 38.5 Å². The zero-order valence-electron chi connectivity index (χ0n) is 13.2. The molecule has 3 aromatic rings. The molecule has 7 nitrogen and oxygen atoms in total. The van der Waals surface area contributed by atoms with E-state index >= 15 is 0 Å². The summed E-state index contributed by atoms with van der Waals surface area (Å²) in [5.41, 5.74) is 1.40. The third-order valence-electron chi connectivity index (χ3n) is 3.96. The molecule has 124 valence electrons. The van der Waals surface area contributed by atoms with Gasteiger partial charge >= 0.3 is 0 Å². The van der Waals surface area contributed by atoms with E-state index in [4.69, 9.17) is 4.74 Å². The summed E-state index contributed by atoms with van der Waals surface area (Å²) in [5.74, 6) is -0.161. The van der Waals surface area contributed by atoms with Crippen molar-refractivity contribution in [1.82, 2.24) is 19.3 Å². The molecule has 24 heavy (non-hydrogen) atoms. The average molecular weight is 343 g/mol. The molecule has 1 fully saturated rings. The van der Waals surface area contributed by atoms with Crippen molar-refractivity contribution in [3.63, 3.8) is 0 Å². The monoisotopic (exact) mass is 343 g/mol. The maximum atomic E-state index is 12.5. The van der Waals surface area contributed by atoms with Crippen molar-refractivity contribution in [3.8, 4) is 5.13 Å². The Bertz CT molecular complexity index is 846. The number of hydrogen-bond acceptors (Lipinski definition) is 5. The standard InChI is InChI=1S/C16H17N5O2S/c1-11-14(24-16(18-11)20-5-2-3-6-20)15(22)19-12-8-17-21(9-12)13-4-7-23-10-13/h2-3,5-6,8-9,13H,4,7,10H2,1H3,(H,19,22)/t13-/m0/s1.